The first-order valence-corrected chi connectivity index (χ1v) is 10.3. The number of carbonyl (C=O) groups excluding carboxylic acids is 1. The molecule has 5 atom stereocenters. The van der Waals surface area contributed by atoms with E-state index in [0.717, 1.165) is 24.2 Å². The molecule has 1 aliphatic heterocycles. The molecule has 9 heteroatoms. The summed E-state index contributed by atoms with van der Waals surface area (Å²) in [5.41, 5.74) is 1.74. The highest BCUT2D eigenvalue weighted by molar-refractivity contribution is 7.80. The first-order chi connectivity index (χ1) is 14.0. The van der Waals surface area contributed by atoms with E-state index in [1.54, 1.807) is 10.9 Å². The van der Waals surface area contributed by atoms with Crippen molar-refractivity contribution in [3.05, 3.63) is 42.7 Å². The van der Waals surface area contributed by atoms with Gasteiger partial charge in [-0.25, -0.2) is 4.68 Å². The number of anilines is 1. The minimum absolute atomic E-state index is 0.0851. The lowest BCUT2D eigenvalue weighted by atomic mass is 9.77. The van der Waals surface area contributed by atoms with Crippen molar-refractivity contribution in [2.75, 3.05) is 4.90 Å². The van der Waals surface area contributed by atoms with E-state index in [9.17, 15) is 15.0 Å². The van der Waals surface area contributed by atoms with Crippen molar-refractivity contribution >= 4 is 28.9 Å². The summed E-state index contributed by atoms with van der Waals surface area (Å²) in [6.07, 6.45) is 3.81. The van der Waals surface area contributed by atoms with Gasteiger partial charge in [0.25, 0.3) is 0 Å². The molecule has 3 fully saturated rings. The molecule has 2 saturated carbocycles. The minimum Gasteiger partial charge on any atom is -0.390 e. The van der Waals surface area contributed by atoms with Gasteiger partial charge in [-0.3, -0.25) is 4.79 Å². The molecule has 8 nitrogen and oxygen atoms in total. The van der Waals surface area contributed by atoms with Crippen molar-refractivity contribution in [3.8, 4) is 5.69 Å². The summed E-state index contributed by atoms with van der Waals surface area (Å²) >= 11 is 5.55. The molecule has 29 heavy (non-hydrogen) atoms. The van der Waals surface area contributed by atoms with Gasteiger partial charge in [0, 0.05) is 24.1 Å². The van der Waals surface area contributed by atoms with Crippen molar-refractivity contribution in [2.24, 2.45) is 5.92 Å². The average molecular weight is 414 g/mol. The first kappa shape index (κ1) is 18.5. The third kappa shape index (κ3) is 3.29. The monoisotopic (exact) mass is 413 g/mol. The Hall–Kier alpha value is -2.49. The fraction of sp³-hybridized carbons (Fsp3) is 0.450. The van der Waals surface area contributed by atoms with Gasteiger partial charge in [-0.1, -0.05) is 0 Å². The molecular weight excluding hydrogens is 390 g/mol. The van der Waals surface area contributed by atoms with Crippen LogP contribution in [0.25, 0.3) is 5.69 Å². The van der Waals surface area contributed by atoms with Crippen LogP contribution in [-0.2, 0) is 4.79 Å². The molecule has 2 aliphatic carbocycles. The summed E-state index contributed by atoms with van der Waals surface area (Å²) in [5, 5.41) is 31.7. The van der Waals surface area contributed by atoms with Crippen LogP contribution in [0.1, 0.15) is 19.3 Å². The summed E-state index contributed by atoms with van der Waals surface area (Å²) < 4.78 is 1.76. The van der Waals surface area contributed by atoms with Gasteiger partial charge in [0.2, 0.25) is 5.91 Å². The molecule has 2 aromatic rings. The normalized spacial score (nSPS) is 31.3. The van der Waals surface area contributed by atoms with Crippen molar-refractivity contribution in [3.63, 3.8) is 0 Å². The van der Waals surface area contributed by atoms with Crippen LogP contribution in [0.15, 0.2) is 42.7 Å². The molecule has 1 aromatic heterocycles. The summed E-state index contributed by atoms with van der Waals surface area (Å²) in [6.45, 7) is 0. The topological polar surface area (TPSA) is 103 Å². The lowest BCUT2D eigenvalue weighted by molar-refractivity contribution is -0.131. The van der Waals surface area contributed by atoms with E-state index < -0.39 is 24.2 Å². The molecule has 5 rings (SSSR count). The van der Waals surface area contributed by atoms with Gasteiger partial charge in [-0.05, 0) is 61.8 Å². The second kappa shape index (κ2) is 7.08. The van der Waals surface area contributed by atoms with Crippen LogP contribution >= 0.6 is 12.2 Å². The van der Waals surface area contributed by atoms with Crippen molar-refractivity contribution in [1.29, 1.82) is 0 Å². The Morgan fingerprint density at radius 1 is 1.21 bits per heavy atom. The fourth-order valence-corrected chi connectivity index (χ4v) is 4.73. The lowest BCUT2D eigenvalue weighted by Crippen LogP contribution is -2.61. The van der Waals surface area contributed by atoms with Crippen LogP contribution in [0, 0.1) is 5.92 Å². The number of hydrogen-bond donors (Lipinski definition) is 4. The number of rotatable bonds is 4. The Balaban J connectivity index is 1.46. The number of fused-ring (bicyclic) bond motifs is 1. The van der Waals surface area contributed by atoms with Gasteiger partial charge >= 0.3 is 0 Å². The highest BCUT2D eigenvalue weighted by Gasteiger charge is 2.54. The Morgan fingerprint density at radius 3 is 2.59 bits per heavy atom. The van der Waals surface area contributed by atoms with Gasteiger partial charge in [0.1, 0.15) is 6.10 Å². The smallest absolute Gasteiger partial charge is 0.225 e. The highest BCUT2D eigenvalue weighted by Crippen LogP contribution is 2.37. The van der Waals surface area contributed by atoms with E-state index in [0.29, 0.717) is 5.11 Å². The lowest BCUT2D eigenvalue weighted by Gasteiger charge is -2.41. The van der Waals surface area contributed by atoms with Crippen LogP contribution in [0.5, 0.6) is 0 Å². The fourth-order valence-electron chi connectivity index (χ4n) is 4.36. The SMILES string of the molecule is O=C(NC1CC1)[C@@H]1C[C@@H](O)[C@H](O)[C@@H]2NC(=S)N(c3ccc(-n4cccn4)cc3)[C@H]21. The molecule has 152 valence electrons. The Labute approximate surface area is 173 Å². The quantitative estimate of drug-likeness (QED) is 0.536. The number of aromatic nitrogens is 2. The van der Waals surface area contributed by atoms with E-state index in [4.69, 9.17) is 12.2 Å². The second-order valence-electron chi connectivity index (χ2n) is 7.99. The summed E-state index contributed by atoms with van der Waals surface area (Å²) in [6, 6.07) is 8.95. The number of nitrogens with one attached hydrogen (secondary N) is 2. The molecule has 0 bridgehead atoms. The van der Waals surface area contributed by atoms with E-state index in [2.05, 4.69) is 15.7 Å². The second-order valence-corrected chi connectivity index (χ2v) is 8.37. The van der Waals surface area contributed by atoms with Crippen molar-refractivity contribution in [2.45, 2.75) is 49.6 Å². The van der Waals surface area contributed by atoms with Crippen molar-refractivity contribution < 1.29 is 15.0 Å². The van der Waals surface area contributed by atoms with Gasteiger partial charge in [0.15, 0.2) is 5.11 Å². The van der Waals surface area contributed by atoms with E-state index in [-0.39, 0.29) is 24.4 Å². The number of aliphatic hydroxyl groups excluding tert-OH is 2. The number of aliphatic hydroxyl groups is 2. The summed E-state index contributed by atoms with van der Waals surface area (Å²) in [4.78, 5) is 14.8. The molecule has 4 N–H and O–H groups in total. The summed E-state index contributed by atoms with van der Waals surface area (Å²) in [5.74, 6) is -0.559. The maximum absolute atomic E-state index is 12.9. The van der Waals surface area contributed by atoms with E-state index in [1.165, 1.54) is 0 Å². The molecule has 0 spiro atoms. The number of benzene rings is 1. The zero-order chi connectivity index (χ0) is 20.1. The number of carbonyl (C=O) groups is 1. The van der Waals surface area contributed by atoms with Gasteiger partial charge in [0.05, 0.1) is 29.8 Å². The predicted octanol–water partition coefficient (Wildman–Crippen LogP) is 0.324. The zero-order valence-electron chi connectivity index (χ0n) is 15.7. The van der Waals surface area contributed by atoms with Crippen LogP contribution in [0.4, 0.5) is 5.69 Å². The molecule has 3 aliphatic rings. The number of amides is 1. The van der Waals surface area contributed by atoms with Gasteiger partial charge in [-0.2, -0.15) is 5.10 Å². The minimum atomic E-state index is -0.990. The highest BCUT2D eigenvalue weighted by atomic mass is 32.1. The number of hydrogen-bond acceptors (Lipinski definition) is 5. The zero-order valence-corrected chi connectivity index (χ0v) is 16.5. The standard InChI is InChI=1S/C20H23N5O3S/c26-15-10-14(19(28)22-11-2-3-11)17-16(18(15)27)23-20(29)25(17)13-6-4-12(5-7-13)24-9-1-8-21-24/h1,4-9,11,14-18,26-27H,2-3,10H2,(H,22,28)(H,23,29)/t14-,15-,16-,17+,18+/m1/s1. The van der Waals surface area contributed by atoms with E-state index >= 15 is 0 Å². The van der Waals surface area contributed by atoms with Crippen LogP contribution in [-0.4, -0.2) is 61.3 Å². The number of nitrogens with zero attached hydrogens (tertiary/aromatic N) is 3. The molecule has 1 aromatic carbocycles. The Bertz CT molecular complexity index is 915. The maximum Gasteiger partial charge on any atom is 0.225 e. The molecule has 2 heterocycles. The molecular formula is C20H23N5O3S. The van der Waals surface area contributed by atoms with Gasteiger partial charge < -0.3 is 25.7 Å². The van der Waals surface area contributed by atoms with Crippen molar-refractivity contribution in [1.82, 2.24) is 20.4 Å². The van der Waals surface area contributed by atoms with Gasteiger partial charge in [-0.15, -0.1) is 0 Å². The van der Waals surface area contributed by atoms with Crippen LogP contribution in [0.2, 0.25) is 0 Å². The predicted molar refractivity (Wildman–Crippen MR) is 111 cm³/mol. The Morgan fingerprint density at radius 2 is 1.93 bits per heavy atom. The summed E-state index contributed by atoms with van der Waals surface area (Å²) in [7, 11) is 0. The Kier molecular flexibility index (Phi) is 4.53. The largest absolute Gasteiger partial charge is 0.390 e. The van der Waals surface area contributed by atoms with E-state index in [1.807, 2.05) is 41.4 Å². The number of thiocarbonyl (C=S) groups is 1. The molecule has 0 radical (unpaired) electrons. The molecule has 1 amide bonds. The van der Waals surface area contributed by atoms with Crippen LogP contribution < -0.4 is 15.5 Å². The third-order valence-electron chi connectivity index (χ3n) is 6.00. The van der Waals surface area contributed by atoms with Crippen LogP contribution in [0.3, 0.4) is 0 Å². The first-order valence-electron chi connectivity index (χ1n) is 9.89. The molecule has 1 saturated heterocycles. The average Bonchev–Trinajstić information content (AvgIpc) is 3.23. The maximum atomic E-state index is 12.9. The third-order valence-corrected chi connectivity index (χ3v) is 6.32. The molecule has 0 unspecified atom stereocenters.